The summed E-state index contributed by atoms with van der Waals surface area (Å²) in [5.41, 5.74) is -0.115. The van der Waals surface area contributed by atoms with Crippen LogP contribution in [0.3, 0.4) is 0 Å². The van der Waals surface area contributed by atoms with Gasteiger partial charge in [0.15, 0.2) is 11.5 Å². The minimum Gasteiger partial charge on any atom is -0.487 e. The van der Waals surface area contributed by atoms with Crippen LogP contribution in [0.5, 0.6) is 11.5 Å². The van der Waals surface area contributed by atoms with Gasteiger partial charge in [-0.15, -0.1) is 0 Å². The number of benzene rings is 2. The van der Waals surface area contributed by atoms with Gasteiger partial charge in [0.2, 0.25) is 0 Å². The van der Waals surface area contributed by atoms with E-state index in [-0.39, 0.29) is 31.1 Å². The van der Waals surface area contributed by atoms with E-state index in [1.54, 1.807) is 24.3 Å². The molecule has 2 aromatic carbocycles. The van der Waals surface area contributed by atoms with Gasteiger partial charge in [-0.05, 0) is 18.2 Å². The van der Waals surface area contributed by atoms with Crippen LogP contribution in [0.1, 0.15) is 5.56 Å². The van der Waals surface area contributed by atoms with Crippen molar-refractivity contribution in [3.8, 4) is 11.5 Å². The highest BCUT2D eigenvalue weighted by Gasteiger charge is 2.12. The van der Waals surface area contributed by atoms with Gasteiger partial charge >= 0.3 is 0 Å². The molecule has 116 valence electrons. The molecule has 0 heterocycles. The third-order valence-electron chi connectivity index (χ3n) is 2.83. The Morgan fingerprint density at radius 1 is 1.14 bits per heavy atom. The maximum atomic E-state index is 13.8. The zero-order chi connectivity index (χ0) is 15.9. The molecular weight excluding hydrogens is 293 g/mol. The van der Waals surface area contributed by atoms with Crippen molar-refractivity contribution < 1.29 is 23.9 Å². The topological polar surface area (TPSA) is 81.8 Å². The van der Waals surface area contributed by atoms with E-state index in [0.29, 0.717) is 11.5 Å². The molecule has 0 radical (unpaired) electrons. The highest BCUT2D eigenvalue weighted by atomic mass is 19.1. The first-order valence-electron chi connectivity index (χ1n) is 6.50. The molecule has 0 aromatic heterocycles. The lowest BCUT2D eigenvalue weighted by molar-refractivity contribution is -0.385. The number of hydrogen-bond donors (Lipinski definition) is 1. The van der Waals surface area contributed by atoms with Crippen molar-refractivity contribution in [3.63, 3.8) is 0 Å². The van der Waals surface area contributed by atoms with Gasteiger partial charge in [-0.25, -0.2) is 4.39 Å². The molecule has 1 N–H and O–H groups in total. The average molecular weight is 307 g/mol. The average Bonchev–Trinajstić information content (AvgIpc) is 2.52. The fourth-order valence-corrected chi connectivity index (χ4v) is 1.77. The van der Waals surface area contributed by atoms with Crippen LogP contribution in [-0.4, -0.2) is 23.2 Å². The summed E-state index contributed by atoms with van der Waals surface area (Å²) in [4.78, 5) is 9.90. The zero-order valence-corrected chi connectivity index (χ0v) is 11.6. The van der Waals surface area contributed by atoms with Crippen molar-refractivity contribution in [2.24, 2.45) is 0 Å². The molecule has 22 heavy (non-hydrogen) atoms. The first-order valence-corrected chi connectivity index (χ1v) is 6.50. The third kappa shape index (κ3) is 3.92. The van der Waals surface area contributed by atoms with Crippen LogP contribution >= 0.6 is 0 Å². The van der Waals surface area contributed by atoms with Crippen molar-refractivity contribution in [2.75, 3.05) is 13.2 Å². The minimum atomic E-state index is -0.706. The molecule has 0 unspecified atom stereocenters. The summed E-state index contributed by atoms with van der Waals surface area (Å²) in [6, 6.07) is 10.2. The van der Waals surface area contributed by atoms with Gasteiger partial charge in [0.05, 0.1) is 17.6 Å². The van der Waals surface area contributed by atoms with E-state index in [9.17, 15) is 14.5 Å². The van der Waals surface area contributed by atoms with Crippen LogP contribution in [0.15, 0.2) is 42.5 Å². The van der Waals surface area contributed by atoms with Gasteiger partial charge in [-0.3, -0.25) is 10.1 Å². The Kier molecular flexibility index (Phi) is 5.26. The highest BCUT2D eigenvalue weighted by Crippen LogP contribution is 2.27. The predicted molar refractivity (Wildman–Crippen MR) is 76.4 cm³/mol. The Morgan fingerprint density at radius 3 is 2.41 bits per heavy atom. The maximum Gasteiger partial charge on any atom is 0.272 e. The number of aliphatic hydroxyl groups excluding tert-OH is 1. The Labute approximate surface area is 125 Å². The van der Waals surface area contributed by atoms with E-state index in [0.717, 1.165) is 6.07 Å². The predicted octanol–water partition coefficient (Wildman–Crippen LogP) is 2.68. The Bertz CT molecular complexity index is 662. The number of nitrogens with zero attached hydrogens (tertiary/aromatic N) is 1. The monoisotopic (exact) mass is 307 g/mol. The van der Waals surface area contributed by atoms with Crippen LogP contribution < -0.4 is 9.47 Å². The van der Waals surface area contributed by atoms with Crippen molar-refractivity contribution in [2.45, 2.75) is 6.61 Å². The van der Waals surface area contributed by atoms with E-state index in [4.69, 9.17) is 14.6 Å². The van der Waals surface area contributed by atoms with Gasteiger partial charge < -0.3 is 14.6 Å². The number of para-hydroxylation sites is 2. The SMILES string of the molecule is O=[N+]([O-])c1ccc(COc2ccccc2OCCO)c(F)c1. The van der Waals surface area contributed by atoms with E-state index in [2.05, 4.69) is 0 Å². The van der Waals surface area contributed by atoms with Crippen molar-refractivity contribution in [3.05, 3.63) is 64.0 Å². The van der Waals surface area contributed by atoms with Crippen LogP contribution in [0.25, 0.3) is 0 Å². The molecule has 0 aliphatic heterocycles. The quantitative estimate of drug-likeness (QED) is 0.628. The second kappa shape index (κ2) is 7.37. The van der Waals surface area contributed by atoms with Crippen molar-refractivity contribution in [1.29, 1.82) is 0 Å². The van der Waals surface area contributed by atoms with Gasteiger partial charge in [-0.2, -0.15) is 0 Å². The Balaban J connectivity index is 2.08. The van der Waals surface area contributed by atoms with E-state index in [1.165, 1.54) is 12.1 Å². The molecule has 0 amide bonds. The fraction of sp³-hybridized carbons (Fsp3) is 0.200. The maximum absolute atomic E-state index is 13.8. The molecule has 7 heteroatoms. The molecule has 0 aliphatic rings. The Morgan fingerprint density at radius 2 is 1.82 bits per heavy atom. The normalized spacial score (nSPS) is 10.3. The second-order valence-electron chi connectivity index (χ2n) is 4.34. The molecule has 0 fully saturated rings. The summed E-state index contributed by atoms with van der Waals surface area (Å²) in [7, 11) is 0. The van der Waals surface area contributed by atoms with Crippen LogP contribution in [0, 0.1) is 15.9 Å². The van der Waals surface area contributed by atoms with Gasteiger partial charge in [0.25, 0.3) is 5.69 Å². The molecule has 0 bridgehead atoms. The molecular formula is C15H14FNO5. The molecule has 0 saturated carbocycles. The van der Waals surface area contributed by atoms with Crippen molar-refractivity contribution >= 4 is 5.69 Å². The summed E-state index contributed by atoms with van der Waals surface area (Å²) >= 11 is 0. The standard InChI is InChI=1S/C15H14FNO5/c16-13-9-12(17(19)20)6-5-11(13)10-22-15-4-2-1-3-14(15)21-8-7-18/h1-6,9,18H,7-8,10H2. The first-order chi connectivity index (χ1) is 10.6. The number of non-ortho nitro benzene ring substituents is 1. The summed E-state index contributed by atoms with van der Waals surface area (Å²) in [5.74, 6) is 0.121. The van der Waals surface area contributed by atoms with E-state index >= 15 is 0 Å². The van der Waals surface area contributed by atoms with E-state index in [1.807, 2.05) is 0 Å². The lowest BCUT2D eigenvalue weighted by atomic mass is 10.2. The number of aliphatic hydroxyl groups is 1. The summed E-state index contributed by atoms with van der Waals surface area (Å²) in [6.45, 7) is -0.110. The molecule has 0 atom stereocenters. The summed E-state index contributed by atoms with van der Waals surface area (Å²) < 4.78 is 24.6. The Hall–Kier alpha value is -2.67. The van der Waals surface area contributed by atoms with Gasteiger partial charge in [0.1, 0.15) is 19.0 Å². The molecule has 0 saturated heterocycles. The first kappa shape index (κ1) is 15.7. The fourth-order valence-electron chi connectivity index (χ4n) is 1.77. The smallest absolute Gasteiger partial charge is 0.272 e. The largest absolute Gasteiger partial charge is 0.487 e. The van der Waals surface area contributed by atoms with Gasteiger partial charge in [0, 0.05) is 11.6 Å². The highest BCUT2D eigenvalue weighted by molar-refractivity contribution is 5.40. The number of rotatable bonds is 7. The lowest BCUT2D eigenvalue weighted by Crippen LogP contribution is -2.05. The number of nitro benzene ring substituents is 1. The number of ether oxygens (including phenoxy) is 2. The second-order valence-corrected chi connectivity index (χ2v) is 4.34. The molecule has 2 rings (SSSR count). The van der Waals surface area contributed by atoms with Crippen molar-refractivity contribution in [1.82, 2.24) is 0 Å². The van der Waals surface area contributed by atoms with Crippen LogP contribution in [0.4, 0.5) is 10.1 Å². The molecule has 0 spiro atoms. The number of nitro groups is 1. The zero-order valence-electron chi connectivity index (χ0n) is 11.6. The number of hydrogen-bond acceptors (Lipinski definition) is 5. The minimum absolute atomic E-state index is 0.0939. The van der Waals surface area contributed by atoms with Crippen LogP contribution in [-0.2, 0) is 6.61 Å². The van der Waals surface area contributed by atoms with Crippen LogP contribution in [0.2, 0.25) is 0 Å². The van der Waals surface area contributed by atoms with E-state index < -0.39 is 10.7 Å². The van der Waals surface area contributed by atoms with Gasteiger partial charge in [-0.1, -0.05) is 12.1 Å². The third-order valence-corrected chi connectivity index (χ3v) is 2.83. The molecule has 6 nitrogen and oxygen atoms in total. The molecule has 0 aliphatic carbocycles. The summed E-state index contributed by atoms with van der Waals surface area (Å²) in [6.07, 6.45) is 0. The summed E-state index contributed by atoms with van der Waals surface area (Å²) in [5, 5.41) is 19.3. The number of halogens is 1. The molecule has 2 aromatic rings. The lowest BCUT2D eigenvalue weighted by Gasteiger charge is -2.12.